The zero-order valence-corrected chi connectivity index (χ0v) is 16.8. The Morgan fingerprint density at radius 2 is 2.11 bits per heavy atom. The van der Waals surface area contributed by atoms with Crippen LogP contribution in [0.4, 0.5) is 11.4 Å². The Bertz CT molecular complexity index is 815. The molecular formula is C19H22ClN3O3S. The topological polar surface area (TPSA) is 85.9 Å². The fourth-order valence-corrected chi connectivity index (χ4v) is 2.94. The quantitative estimate of drug-likeness (QED) is 0.498. The number of aliphatic imine (C=N–C) groups is 1. The molecule has 0 aliphatic heterocycles. The van der Waals surface area contributed by atoms with Gasteiger partial charge in [-0.25, -0.2) is 4.99 Å². The van der Waals surface area contributed by atoms with Crippen LogP contribution >= 0.6 is 23.4 Å². The highest BCUT2D eigenvalue weighted by atomic mass is 35.5. The van der Waals surface area contributed by atoms with Crippen LogP contribution in [-0.2, 0) is 4.79 Å². The maximum Gasteiger partial charge on any atom is 0.262 e. The summed E-state index contributed by atoms with van der Waals surface area (Å²) in [6.07, 6.45) is 1.03. The van der Waals surface area contributed by atoms with Crippen LogP contribution in [0.1, 0.15) is 13.3 Å². The van der Waals surface area contributed by atoms with E-state index in [1.807, 2.05) is 6.07 Å². The van der Waals surface area contributed by atoms with Gasteiger partial charge in [-0.3, -0.25) is 4.79 Å². The lowest BCUT2D eigenvalue weighted by Crippen LogP contribution is -2.20. The number of ether oxygens (including phenoxy) is 2. The minimum absolute atomic E-state index is 0.142. The van der Waals surface area contributed by atoms with E-state index >= 15 is 0 Å². The van der Waals surface area contributed by atoms with E-state index in [-0.39, 0.29) is 12.5 Å². The second-order valence-electron chi connectivity index (χ2n) is 5.48. The molecular weight excluding hydrogens is 386 g/mol. The number of carbonyl (C=O) groups excluding carboxylic acids is 1. The van der Waals surface area contributed by atoms with Gasteiger partial charge in [-0.05, 0) is 36.8 Å². The van der Waals surface area contributed by atoms with Gasteiger partial charge in [0.25, 0.3) is 5.91 Å². The summed E-state index contributed by atoms with van der Waals surface area (Å²) in [5.41, 5.74) is 7.11. The van der Waals surface area contributed by atoms with Crippen molar-refractivity contribution in [2.45, 2.75) is 13.3 Å². The SMILES string of the molecule is CCCSC(N)=Nc1cccc(OCC(=O)Nc2ccc(OC)c(Cl)c2)c1. The van der Waals surface area contributed by atoms with E-state index in [9.17, 15) is 4.79 Å². The van der Waals surface area contributed by atoms with Crippen LogP contribution in [0.25, 0.3) is 0 Å². The summed E-state index contributed by atoms with van der Waals surface area (Å²) in [6.45, 7) is 1.94. The number of nitrogens with zero attached hydrogens (tertiary/aromatic N) is 1. The molecule has 0 spiro atoms. The van der Waals surface area contributed by atoms with E-state index < -0.39 is 0 Å². The Morgan fingerprint density at radius 1 is 1.30 bits per heavy atom. The Kier molecular flexibility index (Phi) is 8.29. The van der Waals surface area contributed by atoms with Crippen molar-refractivity contribution in [3.8, 4) is 11.5 Å². The average molecular weight is 408 g/mol. The third kappa shape index (κ3) is 7.03. The molecule has 8 heteroatoms. The fraction of sp³-hybridized carbons (Fsp3) is 0.263. The zero-order valence-electron chi connectivity index (χ0n) is 15.2. The lowest BCUT2D eigenvalue weighted by atomic mass is 10.3. The van der Waals surface area contributed by atoms with Crippen molar-refractivity contribution in [1.29, 1.82) is 0 Å². The maximum absolute atomic E-state index is 12.1. The zero-order chi connectivity index (χ0) is 19.6. The number of carbonyl (C=O) groups is 1. The first-order chi connectivity index (χ1) is 13.0. The van der Waals surface area contributed by atoms with E-state index in [1.54, 1.807) is 36.4 Å². The summed E-state index contributed by atoms with van der Waals surface area (Å²) >= 11 is 7.55. The van der Waals surface area contributed by atoms with Crippen LogP contribution in [0.2, 0.25) is 5.02 Å². The fourth-order valence-electron chi connectivity index (χ4n) is 2.10. The Morgan fingerprint density at radius 3 is 2.81 bits per heavy atom. The summed E-state index contributed by atoms with van der Waals surface area (Å²) in [7, 11) is 1.53. The highest BCUT2D eigenvalue weighted by Gasteiger charge is 2.07. The summed E-state index contributed by atoms with van der Waals surface area (Å²) in [4.78, 5) is 16.4. The summed E-state index contributed by atoms with van der Waals surface area (Å²) in [6, 6.07) is 12.1. The largest absolute Gasteiger partial charge is 0.495 e. The molecule has 0 unspecified atom stereocenters. The van der Waals surface area contributed by atoms with Crippen LogP contribution in [0.3, 0.4) is 0 Å². The molecule has 0 radical (unpaired) electrons. The molecule has 2 aromatic rings. The van der Waals surface area contributed by atoms with Gasteiger partial charge in [0, 0.05) is 17.5 Å². The van der Waals surface area contributed by atoms with Crippen molar-refractivity contribution in [1.82, 2.24) is 0 Å². The van der Waals surface area contributed by atoms with Crippen molar-refractivity contribution >= 4 is 45.8 Å². The van der Waals surface area contributed by atoms with E-state index in [4.69, 9.17) is 26.8 Å². The Balaban J connectivity index is 1.91. The summed E-state index contributed by atoms with van der Waals surface area (Å²) in [5, 5.41) is 3.64. The number of nitrogens with one attached hydrogen (secondary N) is 1. The van der Waals surface area contributed by atoms with Crippen molar-refractivity contribution in [3.63, 3.8) is 0 Å². The number of anilines is 1. The van der Waals surface area contributed by atoms with E-state index in [2.05, 4.69) is 17.2 Å². The molecule has 3 N–H and O–H groups in total. The molecule has 0 atom stereocenters. The normalized spacial score (nSPS) is 11.1. The molecule has 1 amide bonds. The lowest BCUT2D eigenvalue weighted by Gasteiger charge is -2.09. The molecule has 2 rings (SSSR count). The van der Waals surface area contributed by atoms with Gasteiger partial charge in [-0.15, -0.1) is 0 Å². The molecule has 0 aliphatic carbocycles. The van der Waals surface area contributed by atoms with Crippen molar-refractivity contribution < 1.29 is 14.3 Å². The van der Waals surface area contributed by atoms with Gasteiger partial charge in [0.2, 0.25) is 0 Å². The molecule has 144 valence electrons. The smallest absolute Gasteiger partial charge is 0.262 e. The first-order valence-electron chi connectivity index (χ1n) is 8.35. The summed E-state index contributed by atoms with van der Waals surface area (Å²) < 4.78 is 10.6. The van der Waals surface area contributed by atoms with Gasteiger partial charge in [0.15, 0.2) is 11.8 Å². The highest BCUT2D eigenvalue weighted by molar-refractivity contribution is 8.13. The van der Waals surface area contributed by atoms with E-state index in [0.29, 0.717) is 33.1 Å². The number of halogens is 1. The predicted molar refractivity (Wildman–Crippen MR) is 113 cm³/mol. The molecule has 0 heterocycles. The minimum Gasteiger partial charge on any atom is -0.495 e. The lowest BCUT2D eigenvalue weighted by molar-refractivity contribution is -0.118. The molecule has 0 bridgehead atoms. The Labute approximate surface area is 168 Å². The second-order valence-corrected chi connectivity index (χ2v) is 7.00. The minimum atomic E-state index is -0.303. The van der Waals surface area contributed by atoms with Crippen molar-refractivity contribution in [2.24, 2.45) is 10.7 Å². The summed E-state index contributed by atoms with van der Waals surface area (Å²) in [5.74, 6) is 1.69. The van der Waals surface area contributed by atoms with Crippen molar-refractivity contribution in [3.05, 3.63) is 47.5 Å². The molecule has 0 saturated heterocycles. The Hall–Kier alpha value is -2.38. The number of amidine groups is 1. The first-order valence-corrected chi connectivity index (χ1v) is 9.71. The van der Waals surface area contributed by atoms with Crippen LogP contribution in [-0.4, -0.2) is 30.5 Å². The highest BCUT2D eigenvalue weighted by Crippen LogP contribution is 2.27. The van der Waals surface area contributed by atoms with Gasteiger partial charge >= 0.3 is 0 Å². The average Bonchev–Trinajstić information content (AvgIpc) is 2.65. The third-order valence-electron chi connectivity index (χ3n) is 3.32. The van der Waals surface area contributed by atoms with E-state index in [1.165, 1.54) is 18.9 Å². The molecule has 0 saturated carbocycles. The third-order valence-corrected chi connectivity index (χ3v) is 4.61. The van der Waals surface area contributed by atoms with Gasteiger partial charge in [-0.1, -0.05) is 36.4 Å². The van der Waals surface area contributed by atoms with Crippen LogP contribution in [0.15, 0.2) is 47.5 Å². The molecule has 0 aliphatic rings. The van der Waals surface area contributed by atoms with Crippen LogP contribution in [0, 0.1) is 0 Å². The second kappa shape index (κ2) is 10.7. The number of benzene rings is 2. The monoisotopic (exact) mass is 407 g/mol. The number of methoxy groups -OCH3 is 1. The molecule has 27 heavy (non-hydrogen) atoms. The number of hydrogen-bond donors (Lipinski definition) is 2. The number of thioether (sulfide) groups is 1. The van der Waals surface area contributed by atoms with Gasteiger partial charge in [0.05, 0.1) is 17.8 Å². The van der Waals surface area contributed by atoms with Crippen LogP contribution in [0.5, 0.6) is 11.5 Å². The predicted octanol–water partition coefficient (Wildman–Crippen LogP) is 4.46. The van der Waals surface area contributed by atoms with E-state index in [0.717, 1.165) is 12.2 Å². The molecule has 0 fully saturated rings. The van der Waals surface area contributed by atoms with Crippen LogP contribution < -0.4 is 20.5 Å². The number of nitrogens with two attached hydrogens (primary N) is 1. The molecule has 2 aromatic carbocycles. The molecule has 0 aromatic heterocycles. The standard InChI is InChI=1S/C19H22ClN3O3S/c1-3-9-27-19(21)23-13-5-4-6-15(10-13)26-12-18(24)22-14-7-8-17(25-2)16(20)11-14/h4-8,10-11H,3,9,12H2,1-2H3,(H2,21,23)(H,22,24). The number of amides is 1. The van der Waals surface area contributed by atoms with Crippen molar-refractivity contribution in [2.75, 3.05) is 24.8 Å². The van der Waals surface area contributed by atoms with Gasteiger partial charge in [-0.2, -0.15) is 0 Å². The van der Waals surface area contributed by atoms with Gasteiger partial charge in [0.1, 0.15) is 11.5 Å². The first kappa shape index (κ1) is 20.9. The number of hydrogen-bond acceptors (Lipinski definition) is 5. The maximum atomic E-state index is 12.1. The molecule has 6 nitrogen and oxygen atoms in total. The number of rotatable bonds is 8. The van der Waals surface area contributed by atoms with Gasteiger partial charge < -0.3 is 20.5 Å².